The average molecular weight is 452 g/mol. The number of methoxy groups -OCH3 is 1. The molecule has 3 aromatic rings. The van der Waals surface area contributed by atoms with Gasteiger partial charge < -0.3 is 9.84 Å². The summed E-state index contributed by atoms with van der Waals surface area (Å²) >= 11 is 6.27. The van der Waals surface area contributed by atoms with Crippen molar-refractivity contribution in [3.63, 3.8) is 0 Å². The Labute approximate surface area is 187 Å². The number of thioether (sulfide) groups is 1. The summed E-state index contributed by atoms with van der Waals surface area (Å²) < 4.78 is 7.45. The fourth-order valence-electron chi connectivity index (χ4n) is 3.17. The van der Waals surface area contributed by atoms with E-state index in [9.17, 15) is 9.59 Å². The molecule has 1 saturated heterocycles. The lowest BCUT2D eigenvalue weighted by molar-refractivity contribution is -0.140. The van der Waals surface area contributed by atoms with Crippen LogP contribution in [0.3, 0.4) is 0 Å². The van der Waals surface area contributed by atoms with E-state index in [2.05, 4.69) is 0 Å². The second-order valence-electron chi connectivity index (χ2n) is 6.58. The van der Waals surface area contributed by atoms with Gasteiger partial charge in [0.2, 0.25) is 0 Å². The van der Waals surface area contributed by atoms with Crippen LogP contribution in [-0.2, 0) is 9.59 Å². The van der Waals surface area contributed by atoms with Gasteiger partial charge in [0.1, 0.15) is 22.3 Å². The van der Waals surface area contributed by atoms with Crippen LogP contribution in [0.25, 0.3) is 23.0 Å². The van der Waals surface area contributed by atoms with E-state index in [4.69, 9.17) is 27.2 Å². The minimum atomic E-state index is -1.12. The monoisotopic (exact) mass is 451 g/mol. The third-order valence-corrected chi connectivity index (χ3v) is 5.96. The van der Waals surface area contributed by atoms with Crippen LogP contribution < -0.4 is 4.74 Å². The van der Waals surface area contributed by atoms with Crippen molar-refractivity contribution >= 4 is 46.3 Å². The van der Waals surface area contributed by atoms with Crippen molar-refractivity contribution in [3.05, 3.63) is 71.3 Å². The number of carbonyl (C=O) groups is 2. The second-order valence-corrected chi connectivity index (χ2v) is 8.25. The molecule has 1 fully saturated rings. The molecule has 0 spiro atoms. The highest BCUT2D eigenvalue weighted by molar-refractivity contribution is 8.26. The standard InChI is InChI=1S/C22H17N3O4S2/c1-29-17-10-6-5-9-16(17)20-14(12-25(23-20)15-7-3-2-4-8-15)11-18-21(28)24(13-19(26)27)22(30)31-18/h2-12H,13H2,1H3,(H,26,27)/b18-11-. The van der Waals surface area contributed by atoms with Crippen molar-refractivity contribution in [1.29, 1.82) is 0 Å². The third kappa shape index (κ3) is 4.23. The summed E-state index contributed by atoms with van der Waals surface area (Å²) in [6.07, 6.45) is 3.51. The van der Waals surface area contributed by atoms with Crippen molar-refractivity contribution in [1.82, 2.24) is 14.7 Å². The van der Waals surface area contributed by atoms with Crippen molar-refractivity contribution in [3.8, 4) is 22.7 Å². The van der Waals surface area contributed by atoms with Gasteiger partial charge in [0.05, 0.1) is 17.7 Å². The maximum Gasteiger partial charge on any atom is 0.323 e. The molecule has 4 rings (SSSR count). The molecule has 2 heterocycles. The molecule has 1 aliphatic heterocycles. The summed E-state index contributed by atoms with van der Waals surface area (Å²) in [5.41, 5.74) is 2.94. The number of carboxylic acids is 1. The Bertz CT molecular complexity index is 1200. The SMILES string of the molecule is COc1ccccc1-c1nn(-c2ccccc2)cc1/C=C1\SC(=S)N(CC(=O)O)C1=O. The maximum atomic E-state index is 12.7. The predicted molar refractivity (Wildman–Crippen MR) is 123 cm³/mol. The van der Waals surface area contributed by atoms with E-state index in [1.165, 1.54) is 0 Å². The molecule has 31 heavy (non-hydrogen) atoms. The summed E-state index contributed by atoms with van der Waals surface area (Å²) in [5, 5.41) is 13.8. The van der Waals surface area contributed by atoms with Crippen molar-refractivity contribution < 1.29 is 19.4 Å². The Balaban J connectivity index is 1.82. The molecule has 0 atom stereocenters. The van der Waals surface area contributed by atoms with Gasteiger partial charge in [-0.2, -0.15) is 5.10 Å². The zero-order chi connectivity index (χ0) is 22.0. The number of para-hydroxylation sites is 2. The number of amides is 1. The van der Waals surface area contributed by atoms with E-state index in [0.717, 1.165) is 27.9 Å². The number of carbonyl (C=O) groups excluding carboxylic acids is 1. The van der Waals surface area contributed by atoms with Crippen LogP contribution in [0.1, 0.15) is 5.56 Å². The molecule has 0 radical (unpaired) electrons. The van der Waals surface area contributed by atoms with E-state index < -0.39 is 18.4 Å². The van der Waals surface area contributed by atoms with Gasteiger partial charge in [-0.15, -0.1) is 0 Å². The number of thiocarbonyl (C=S) groups is 1. The molecule has 0 unspecified atom stereocenters. The molecular weight excluding hydrogens is 434 g/mol. The Morgan fingerprint density at radius 3 is 2.61 bits per heavy atom. The Morgan fingerprint density at radius 2 is 1.90 bits per heavy atom. The molecule has 1 aromatic heterocycles. The minimum Gasteiger partial charge on any atom is -0.496 e. The zero-order valence-corrected chi connectivity index (χ0v) is 18.0. The number of hydrogen-bond donors (Lipinski definition) is 1. The molecule has 0 saturated carbocycles. The first-order chi connectivity index (χ1) is 15.0. The van der Waals surface area contributed by atoms with Crippen molar-refractivity contribution in [2.75, 3.05) is 13.7 Å². The third-order valence-electron chi connectivity index (χ3n) is 4.58. The molecule has 1 amide bonds. The Hall–Kier alpha value is -3.43. The van der Waals surface area contributed by atoms with E-state index in [0.29, 0.717) is 21.9 Å². The first-order valence-corrected chi connectivity index (χ1v) is 10.5. The van der Waals surface area contributed by atoms with E-state index in [1.807, 2.05) is 60.8 Å². The molecule has 9 heteroatoms. The summed E-state index contributed by atoms with van der Waals surface area (Å²) in [6, 6.07) is 17.1. The number of aliphatic carboxylic acids is 1. The largest absolute Gasteiger partial charge is 0.496 e. The Kier molecular flexibility index (Phi) is 5.88. The van der Waals surface area contributed by atoms with Crippen LogP contribution in [0, 0.1) is 0 Å². The number of aromatic nitrogens is 2. The molecule has 156 valence electrons. The highest BCUT2D eigenvalue weighted by Gasteiger charge is 2.33. The van der Waals surface area contributed by atoms with E-state index in [1.54, 1.807) is 17.9 Å². The molecule has 2 aromatic carbocycles. The molecule has 0 bridgehead atoms. The lowest BCUT2D eigenvalue weighted by Gasteiger charge is -2.10. The second kappa shape index (κ2) is 8.75. The van der Waals surface area contributed by atoms with E-state index in [-0.39, 0.29) is 4.32 Å². The van der Waals surface area contributed by atoms with Crippen LogP contribution in [0.5, 0.6) is 5.75 Å². The van der Waals surface area contributed by atoms with Gasteiger partial charge in [-0.25, -0.2) is 4.68 Å². The molecule has 0 aliphatic carbocycles. The number of nitrogens with zero attached hydrogens (tertiary/aromatic N) is 3. The van der Waals surface area contributed by atoms with Crippen LogP contribution in [0.4, 0.5) is 0 Å². The molecule has 1 N–H and O–H groups in total. The van der Waals surface area contributed by atoms with Crippen LogP contribution in [0.2, 0.25) is 0 Å². The fourth-order valence-corrected chi connectivity index (χ4v) is 4.41. The first-order valence-electron chi connectivity index (χ1n) is 9.23. The van der Waals surface area contributed by atoms with Gasteiger partial charge in [0, 0.05) is 17.3 Å². The number of benzene rings is 2. The van der Waals surface area contributed by atoms with Crippen LogP contribution >= 0.6 is 24.0 Å². The Morgan fingerprint density at radius 1 is 1.19 bits per heavy atom. The fraction of sp³-hybridized carbons (Fsp3) is 0.0909. The van der Waals surface area contributed by atoms with Gasteiger partial charge in [-0.05, 0) is 30.3 Å². The van der Waals surface area contributed by atoms with Crippen LogP contribution in [0.15, 0.2) is 65.7 Å². The number of carboxylic acid groups (broad SMARTS) is 1. The maximum absolute atomic E-state index is 12.7. The van der Waals surface area contributed by atoms with Gasteiger partial charge in [0.25, 0.3) is 5.91 Å². The van der Waals surface area contributed by atoms with Gasteiger partial charge in [0.15, 0.2) is 0 Å². The highest BCUT2D eigenvalue weighted by Crippen LogP contribution is 2.36. The van der Waals surface area contributed by atoms with Gasteiger partial charge >= 0.3 is 5.97 Å². The quantitative estimate of drug-likeness (QED) is 0.450. The molecular formula is C22H17N3O4S2. The van der Waals surface area contributed by atoms with Crippen molar-refractivity contribution in [2.45, 2.75) is 0 Å². The minimum absolute atomic E-state index is 0.216. The average Bonchev–Trinajstić information content (AvgIpc) is 3.30. The lowest BCUT2D eigenvalue weighted by atomic mass is 10.1. The smallest absolute Gasteiger partial charge is 0.323 e. The first kappa shape index (κ1) is 20.8. The zero-order valence-electron chi connectivity index (χ0n) is 16.4. The lowest BCUT2D eigenvalue weighted by Crippen LogP contribution is -2.33. The topological polar surface area (TPSA) is 84.7 Å². The van der Waals surface area contributed by atoms with Gasteiger partial charge in [-0.3, -0.25) is 14.5 Å². The van der Waals surface area contributed by atoms with Crippen molar-refractivity contribution in [2.24, 2.45) is 0 Å². The number of ether oxygens (including phenoxy) is 1. The summed E-state index contributed by atoms with van der Waals surface area (Å²) in [7, 11) is 1.59. The highest BCUT2D eigenvalue weighted by atomic mass is 32.2. The van der Waals surface area contributed by atoms with Crippen LogP contribution in [-0.4, -0.2) is 49.6 Å². The summed E-state index contributed by atoms with van der Waals surface area (Å²) in [6.45, 7) is -0.468. The van der Waals surface area contributed by atoms with E-state index >= 15 is 0 Å². The molecule has 1 aliphatic rings. The number of hydrogen-bond acceptors (Lipinski definition) is 6. The number of rotatable bonds is 6. The van der Waals surface area contributed by atoms with Gasteiger partial charge in [-0.1, -0.05) is 54.3 Å². The molecule has 7 nitrogen and oxygen atoms in total. The summed E-state index contributed by atoms with van der Waals surface area (Å²) in [5.74, 6) is -0.908. The summed E-state index contributed by atoms with van der Waals surface area (Å²) in [4.78, 5) is 25.2. The predicted octanol–water partition coefficient (Wildman–Crippen LogP) is 3.83. The normalized spacial score (nSPS) is 15.0.